The highest BCUT2D eigenvalue weighted by Crippen LogP contribution is 2.36. The zero-order chi connectivity index (χ0) is 15.3. The Kier molecular flexibility index (Phi) is 6.59. The van der Waals surface area contributed by atoms with E-state index < -0.39 is 0 Å². The van der Waals surface area contributed by atoms with Crippen molar-refractivity contribution < 1.29 is 9.90 Å². The summed E-state index contributed by atoms with van der Waals surface area (Å²) in [6, 6.07) is 2.89. The topological polar surface area (TPSA) is 75.3 Å². The molecule has 1 rings (SSSR count). The van der Waals surface area contributed by atoms with Crippen LogP contribution in [0.25, 0.3) is 0 Å². The Bertz CT molecular complexity index is 480. The molecule has 0 aromatic heterocycles. The van der Waals surface area contributed by atoms with Crippen molar-refractivity contribution >= 4 is 29.1 Å². The van der Waals surface area contributed by atoms with Gasteiger partial charge in [-0.15, -0.1) is 0 Å². The number of carbonyl (C=O) groups is 1. The van der Waals surface area contributed by atoms with Crippen LogP contribution < -0.4 is 11.1 Å². The van der Waals surface area contributed by atoms with Crippen molar-refractivity contribution in [2.75, 3.05) is 6.54 Å². The third kappa shape index (κ3) is 4.27. The minimum atomic E-state index is -0.286. The van der Waals surface area contributed by atoms with E-state index in [0.717, 1.165) is 0 Å². The predicted octanol–water partition coefficient (Wildman–Crippen LogP) is 3.25. The van der Waals surface area contributed by atoms with Gasteiger partial charge in [0, 0.05) is 17.5 Å². The number of carbonyl (C=O) groups excluding carboxylic acids is 1. The van der Waals surface area contributed by atoms with Gasteiger partial charge >= 0.3 is 0 Å². The maximum absolute atomic E-state index is 11.1. The molecule has 0 aliphatic rings. The Morgan fingerprint density at radius 2 is 2.10 bits per heavy atom. The Hall–Kier alpha value is -0.970. The Labute approximate surface area is 129 Å². The van der Waals surface area contributed by atoms with Crippen molar-refractivity contribution in [3.8, 4) is 5.75 Å². The van der Waals surface area contributed by atoms with E-state index in [0.29, 0.717) is 35.0 Å². The van der Waals surface area contributed by atoms with Gasteiger partial charge in [0.25, 0.3) is 0 Å². The van der Waals surface area contributed by atoms with Gasteiger partial charge in [-0.1, -0.05) is 30.1 Å². The van der Waals surface area contributed by atoms with Crippen molar-refractivity contribution in [3.05, 3.63) is 27.7 Å². The Balaban J connectivity index is 2.66. The van der Waals surface area contributed by atoms with E-state index in [-0.39, 0.29) is 23.6 Å². The number of nitrogens with two attached hydrogens (primary N) is 1. The second-order valence-corrected chi connectivity index (χ2v) is 5.55. The van der Waals surface area contributed by atoms with Crippen molar-refractivity contribution in [2.24, 2.45) is 11.7 Å². The molecule has 0 aliphatic carbocycles. The van der Waals surface area contributed by atoms with E-state index in [1.807, 2.05) is 13.8 Å². The molecule has 4 N–H and O–H groups in total. The van der Waals surface area contributed by atoms with E-state index >= 15 is 0 Å². The average Bonchev–Trinajstić information content (AvgIpc) is 2.39. The molecule has 0 fully saturated rings. The number of aromatic hydroxyl groups is 1. The Morgan fingerprint density at radius 1 is 1.45 bits per heavy atom. The van der Waals surface area contributed by atoms with Crippen LogP contribution in [0.4, 0.5) is 0 Å². The van der Waals surface area contributed by atoms with E-state index in [1.165, 1.54) is 6.07 Å². The summed E-state index contributed by atoms with van der Waals surface area (Å²) in [5.41, 5.74) is 5.86. The molecule has 6 heteroatoms. The lowest BCUT2D eigenvalue weighted by Gasteiger charge is -2.19. The molecule has 2 atom stereocenters. The fourth-order valence-electron chi connectivity index (χ4n) is 2.09. The standard InChI is InChI=1S/C14H20Cl2N2O2/c1-3-9(14(17)20)6-7-18-8(2)12-11(19)5-4-10(15)13(12)16/h4-5,8-9,18-19H,3,6-7H2,1-2H3,(H2,17,20)/t8?,9-/m1/s1. The molecule has 112 valence electrons. The molecule has 1 aromatic rings. The highest BCUT2D eigenvalue weighted by molar-refractivity contribution is 6.42. The van der Waals surface area contributed by atoms with Crippen LogP contribution in [0.5, 0.6) is 5.75 Å². The van der Waals surface area contributed by atoms with Crippen LogP contribution in [0.2, 0.25) is 10.0 Å². The number of phenols is 1. The molecule has 0 bridgehead atoms. The number of benzene rings is 1. The van der Waals surface area contributed by atoms with Gasteiger partial charge in [-0.05, 0) is 38.4 Å². The first-order valence-corrected chi connectivity index (χ1v) is 7.33. The molecule has 4 nitrogen and oxygen atoms in total. The molecule has 0 saturated carbocycles. The second-order valence-electron chi connectivity index (χ2n) is 4.77. The summed E-state index contributed by atoms with van der Waals surface area (Å²) in [5.74, 6) is -0.329. The first-order valence-electron chi connectivity index (χ1n) is 6.58. The Morgan fingerprint density at radius 3 is 2.65 bits per heavy atom. The molecule has 1 amide bonds. The van der Waals surface area contributed by atoms with Gasteiger partial charge < -0.3 is 16.2 Å². The van der Waals surface area contributed by atoms with Crippen LogP contribution >= 0.6 is 23.2 Å². The molecular weight excluding hydrogens is 299 g/mol. The quantitative estimate of drug-likeness (QED) is 0.722. The fourth-order valence-corrected chi connectivity index (χ4v) is 2.58. The van der Waals surface area contributed by atoms with Gasteiger partial charge in [-0.25, -0.2) is 0 Å². The SMILES string of the molecule is CC[C@H](CCNC(C)c1c(O)ccc(Cl)c1Cl)C(N)=O. The number of amides is 1. The van der Waals surface area contributed by atoms with Crippen LogP contribution in [0.3, 0.4) is 0 Å². The number of hydrogen-bond donors (Lipinski definition) is 3. The highest BCUT2D eigenvalue weighted by Gasteiger charge is 2.18. The summed E-state index contributed by atoms with van der Waals surface area (Å²) in [7, 11) is 0. The highest BCUT2D eigenvalue weighted by atomic mass is 35.5. The number of hydrogen-bond acceptors (Lipinski definition) is 3. The number of primary amides is 1. The van der Waals surface area contributed by atoms with Crippen LogP contribution in [-0.2, 0) is 4.79 Å². The van der Waals surface area contributed by atoms with Gasteiger partial charge in [0.1, 0.15) is 5.75 Å². The summed E-state index contributed by atoms with van der Waals surface area (Å²) in [4.78, 5) is 11.1. The summed E-state index contributed by atoms with van der Waals surface area (Å²) >= 11 is 12.1. The summed E-state index contributed by atoms with van der Waals surface area (Å²) in [6.07, 6.45) is 1.36. The normalized spacial score (nSPS) is 14.0. The molecule has 0 radical (unpaired) electrons. The predicted molar refractivity (Wildman–Crippen MR) is 82.1 cm³/mol. The van der Waals surface area contributed by atoms with Gasteiger partial charge in [-0.2, -0.15) is 0 Å². The zero-order valence-electron chi connectivity index (χ0n) is 11.6. The fraction of sp³-hybridized carbons (Fsp3) is 0.500. The molecule has 0 heterocycles. The van der Waals surface area contributed by atoms with Gasteiger partial charge in [-0.3, -0.25) is 4.79 Å². The van der Waals surface area contributed by atoms with Crippen molar-refractivity contribution in [1.29, 1.82) is 0 Å². The van der Waals surface area contributed by atoms with E-state index in [4.69, 9.17) is 28.9 Å². The van der Waals surface area contributed by atoms with Gasteiger partial charge in [0.05, 0.1) is 10.0 Å². The lowest BCUT2D eigenvalue weighted by molar-refractivity contribution is -0.122. The molecule has 20 heavy (non-hydrogen) atoms. The molecule has 1 unspecified atom stereocenters. The zero-order valence-corrected chi connectivity index (χ0v) is 13.1. The monoisotopic (exact) mass is 318 g/mol. The largest absolute Gasteiger partial charge is 0.508 e. The summed E-state index contributed by atoms with van der Waals surface area (Å²) in [5, 5.41) is 13.8. The van der Waals surface area contributed by atoms with Crippen LogP contribution in [0, 0.1) is 5.92 Å². The summed E-state index contributed by atoms with van der Waals surface area (Å²) in [6.45, 7) is 4.41. The summed E-state index contributed by atoms with van der Waals surface area (Å²) < 4.78 is 0. The smallest absolute Gasteiger partial charge is 0.220 e. The van der Waals surface area contributed by atoms with Crippen molar-refractivity contribution in [1.82, 2.24) is 5.32 Å². The molecule has 0 spiro atoms. The molecule has 1 aromatic carbocycles. The van der Waals surface area contributed by atoms with Crippen molar-refractivity contribution in [3.63, 3.8) is 0 Å². The number of rotatable bonds is 7. The van der Waals surface area contributed by atoms with E-state index in [1.54, 1.807) is 6.07 Å². The first-order chi connectivity index (χ1) is 9.38. The minimum Gasteiger partial charge on any atom is -0.508 e. The maximum Gasteiger partial charge on any atom is 0.220 e. The van der Waals surface area contributed by atoms with Crippen molar-refractivity contribution in [2.45, 2.75) is 32.7 Å². The van der Waals surface area contributed by atoms with Crippen LogP contribution in [0.1, 0.15) is 38.3 Å². The van der Waals surface area contributed by atoms with Gasteiger partial charge in [0.2, 0.25) is 5.91 Å². The lowest BCUT2D eigenvalue weighted by Crippen LogP contribution is -2.28. The third-order valence-corrected chi connectivity index (χ3v) is 4.20. The van der Waals surface area contributed by atoms with E-state index in [2.05, 4.69) is 5.32 Å². The number of halogens is 2. The van der Waals surface area contributed by atoms with Gasteiger partial charge in [0.15, 0.2) is 0 Å². The van der Waals surface area contributed by atoms with E-state index in [9.17, 15) is 9.90 Å². The first kappa shape index (κ1) is 17.1. The van der Waals surface area contributed by atoms with Crippen LogP contribution in [0.15, 0.2) is 12.1 Å². The number of nitrogens with one attached hydrogen (secondary N) is 1. The molecule has 0 aliphatic heterocycles. The third-order valence-electron chi connectivity index (χ3n) is 3.38. The second kappa shape index (κ2) is 7.72. The molecule has 0 saturated heterocycles. The van der Waals surface area contributed by atoms with Crippen LogP contribution in [-0.4, -0.2) is 17.6 Å². The molecular formula is C14H20Cl2N2O2. The average molecular weight is 319 g/mol. The number of phenolic OH excluding ortho intramolecular Hbond substituents is 1. The lowest BCUT2D eigenvalue weighted by atomic mass is 10.0. The maximum atomic E-state index is 11.1. The minimum absolute atomic E-state index is 0.0985.